The molecule has 0 amide bonds. The van der Waals surface area contributed by atoms with Gasteiger partial charge >= 0.3 is 12.1 Å². The van der Waals surface area contributed by atoms with Crippen LogP contribution in [0.25, 0.3) is 6.08 Å². The number of Topliss-reactive ketones (excluding diaryl/α,β-unsaturated/α-hetero) is 1. The molecule has 5 nitrogen and oxygen atoms in total. The topological polar surface area (TPSA) is 83.8 Å². The van der Waals surface area contributed by atoms with Crippen molar-refractivity contribution in [1.29, 1.82) is 0 Å². The number of hydrogen-bond acceptors (Lipinski definition) is 5. The second-order valence-corrected chi connectivity index (χ2v) is 11.2. The number of cyclic esters (lactones) is 1. The molecule has 0 saturated carbocycles. The highest BCUT2D eigenvalue weighted by Gasteiger charge is 2.42. The van der Waals surface area contributed by atoms with Gasteiger partial charge in [0.1, 0.15) is 11.9 Å². The van der Waals surface area contributed by atoms with Crippen LogP contribution in [0.2, 0.25) is 0 Å². The number of rotatable bonds is 2. The molecule has 0 fully saturated rings. The second kappa shape index (κ2) is 13.1. The molecule has 1 aromatic rings. The van der Waals surface area contributed by atoms with Gasteiger partial charge in [0.2, 0.25) is 0 Å². The molecule has 2 N–H and O–H groups in total. The van der Waals surface area contributed by atoms with Crippen molar-refractivity contribution in [3.63, 3.8) is 0 Å². The fraction of sp³-hybridized carbons (Fsp3) is 0.600. The zero-order chi connectivity index (χ0) is 28.8. The van der Waals surface area contributed by atoms with Crippen molar-refractivity contribution in [3.05, 3.63) is 52.6 Å². The average molecular weight is 539 g/mol. The number of ketones is 1. The smallest absolute Gasteiger partial charge is 0.416 e. The van der Waals surface area contributed by atoms with E-state index in [0.717, 1.165) is 37.0 Å². The lowest BCUT2D eigenvalue weighted by Gasteiger charge is -2.34. The van der Waals surface area contributed by atoms with Crippen LogP contribution in [0.15, 0.2) is 41.5 Å². The Bertz CT molecular complexity index is 1020. The van der Waals surface area contributed by atoms with E-state index in [-0.39, 0.29) is 11.7 Å². The summed E-state index contributed by atoms with van der Waals surface area (Å²) in [7, 11) is 0. The first kappa shape index (κ1) is 31.8. The molecule has 1 aliphatic heterocycles. The summed E-state index contributed by atoms with van der Waals surface area (Å²) < 4.78 is 44.5. The molecule has 0 unspecified atom stereocenters. The summed E-state index contributed by atoms with van der Waals surface area (Å²) in [5.74, 6) is -1.84. The number of carbonyl (C=O) groups is 2. The maximum absolute atomic E-state index is 13.2. The number of aliphatic hydroxyl groups excluding tert-OH is 2. The van der Waals surface area contributed by atoms with Crippen molar-refractivity contribution >= 4 is 17.8 Å². The molecule has 0 saturated heterocycles. The summed E-state index contributed by atoms with van der Waals surface area (Å²) >= 11 is 0. The monoisotopic (exact) mass is 538 g/mol. The van der Waals surface area contributed by atoms with Gasteiger partial charge in [0, 0.05) is 12.3 Å². The molecule has 38 heavy (non-hydrogen) atoms. The number of esters is 1. The van der Waals surface area contributed by atoms with Gasteiger partial charge in [-0.1, -0.05) is 57.6 Å². The maximum Gasteiger partial charge on any atom is 0.416 e. The minimum atomic E-state index is -4.43. The molecule has 212 valence electrons. The van der Waals surface area contributed by atoms with Crippen molar-refractivity contribution in [3.8, 4) is 0 Å². The van der Waals surface area contributed by atoms with Gasteiger partial charge in [-0.25, -0.2) is 0 Å². The first-order valence-electron chi connectivity index (χ1n) is 13.1. The summed E-state index contributed by atoms with van der Waals surface area (Å²) in [4.78, 5) is 26.1. The summed E-state index contributed by atoms with van der Waals surface area (Å²) in [5, 5.41) is 21.6. The van der Waals surface area contributed by atoms with E-state index in [0.29, 0.717) is 17.6 Å². The summed E-state index contributed by atoms with van der Waals surface area (Å²) in [6.45, 7) is 10.4. The van der Waals surface area contributed by atoms with Crippen LogP contribution >= 0.6 is 0 Å². The highest BCUT2D eigenvalue weighted by Crippen LogP contribution is 2.33. The largest absolute Gasteiger partial charge is 0.457 e. The molecular weight excluding hydrogens is 497 g/mol. The lowest BCUT2D eigenvalue weighted by Crippen LogP contribution is -2.45. The Morgan fingerprint density at radius 2 is 1.71 bits per heavy atom. The minimum absolute atomic E-state index is 0.116. The number of halogens is 3. The maximum atomic E-state index is 13.2. The zero-order valence-electron chi connectivity index (χ0n) is 23.1. The molecule has 0 aliphatic carbocycles. The number of hydrogen-bond donors (Lipinski definition) is 2. The van der Waals surface area contributed by atoms with E-state index < -0.39 is 53.8 Å². The van der Waals surface area contributed by atoms with Crippen LogP contribution in [0.5, 0.6) is 0 Å². The van der Waals surface area contributed by atoms with Crippen LogP contribution in [0.4, 0.5) is 13.2 Å². The van der Waals surface area contributed by atoms with Gasteiger partial charge in [0.25, 0.3) is 0 Å². The van der Waals surface area contributed by atoms with E-state index in [4.69, 9.17) is 4.74 Å². The van der Waals surface area contributed by atoms with E-state index in [2.05, 4.69) is 0 Å². The molecule has 0 spiro atoms. The predicted molar refractivity (Wildman–Crippen MR) is 141 cm³/mol. The Labute approximate surface area is 223 Å². The SMILES string of the molecule is C/C1=C/C[C@@H](/C(C)=C/c2ccc(C(F)(F)F)cc2)OC(=O)C[C@H](O)C(C)(C)C(=O)[C@H](C)[C@@H](O)[C@@H](C)CCC1. The fourth-order valence-electron chi connectivity index (χ4n) is 4.75. The van der Waals surface area contributed by atoms with Crippen LogP contribution in [0, 0.1) is 17.3 Å². The normalized spacial score (nSPS) is 30.3. The lowest BCUT2D eigenvalue weighted by atomic mass is 9.73. The molecule has 0 bridgehead atoms. The summed E-state index contributed by atoms with van der Waals surface area (Å²) in [5.41, 5.74) is 0.218. The minimum Gasteiger partial charge on any atom is -0.457 e. The standard InChI is InChI=1S/C30H41F3O5/c1-18-8-7-9-19(2)27(36)21(4)28(37)29(5,6)25(34)17-26(35)38-24(15-10-18)20(3)16-22-11-13-23(14-12-22)30(31,32)33/h10-14,16,19,21,24-25,27,34,36H,7-9,15,17H2,1-6H3/b18-10-,20-16+/t19-,21+,24-,25-,27-/m0/s1. The lowest BCUT2D eigenvalue weighted by molar-refractivity contribution is -0.154. The Morgan fingerprint density at radius 1 is 1.11 bits per heavy atom. The number of benzene rings is 1. The number of aliphatic hydroxyl groups is 2. The van der Waals surface area contributed by atoms with Crippen LogP contribution in [0.3, 0.4) is 0 Å². The Balaban J connectivity index is 2.35. The molecule has 2 rings (SSSR count). The Morgan fingerprint density at radius 3 is 2.29 bits per heavy atom. The molecule has 1 heterocycles. The van der Waals surface area contributed by atoms with Gasteiger partial charge in [-0.3, -0.25) is 9.59 Å². The molecule has 0 radical (unpaired) electrons. The van der Waals surface area contributed by atoms with Gasteiger partial charge in [-0.05, 0) is 62.3 Å². The fourth-order valence-corrected chi connectivity index (χ4v) is 4.75. The van der Waals surface area contributed by atoms with Crippen LogP contribution < -0.4 is 0 Å². The van der Waals surface area contributed by atoms with Crippen molar-refractivity contribution in [1.82, 2.24) is 0 Å². The number of ether oxygens (including phenoxy) is 1. The quantitative estimate of drug-likeness (QED) is 0.331. The Hall–Kier alpha value is -2.45. The summed E-state index contributed by atoms with van der Waals surface area (Å²) in [6, 6.07) is 4.73. The third-order valence-corrected chi connectivity index (χ3v) is 7.66. The van der Waals surface area contributed by atoms with Gasteiger partial charge in [0.05, 0.1) is 29.6 Å². The molecule has 5 atom stereocenters. The van der Waals surface area contributed by atoms with Gasteiger partial charge < -0.3 is 14.9 Å². The van der Waals surface area contributed by atoms with Crippen molar-refractivity contribution in [2.45, 2.75) is 98.1 Å². The van der Waals surface area contributed by atoms with Crippen molar-refractivity contribution < 1.29 is 37.7 Å². The summed E-state index contributed by atoms with van der Waals surface area (Å²) in [6.07, 6.45) is -1.42. The molecule has 1 aliphatic rings. The molecular formula is C30H41F3O5. The van der Waals surface area contributed by atoms with Gasteiger partial charge in [0.15, 0.2) is 0 Å². The Kier molecular flexibility index (Phi) is 10.9. The number of carbonyl (C=O) groups excluding carboxylic acids is 2. The van der Waals surface area contributed by atoms with E-state index in [1.807, 2.05) is 19.9 Å². The molecule has 0 aromatic heterocycles. The van der Waals surface area contributed by atoms with Crippen LogP contribution in [0.1, 0.15) is 84.8 Å². The number of allylic oxidation sites excluding steroid dienone is 1. The van der Waals surface area contributed by atoms with E-state index in [1.165, 1.54) is 12.1 Å². The third-order valence-electron chi connectivity index (χ3n) is 7.66. The van der Waals surface area contributed by atoms with Gasteiger partial charge in [-0.15, -0.1) is 0 Å². The van der Waals surface area contributed by atoms with E-state index >= 15 is 0 Å². The highest BCUT2D eigenvalue weighted by atomic mass is 19.4. The predicted octanol–water partition coefficient (Wildman–Crippen LogP) is 6.52. The van der Waals surface area contributed by atoms with E-state index in [9.17, 15) is 33.0 Å². The third kappa shape index (κ3) is 8.53. The van der Waals surface area contributed by atoms with Crippen LogP contribution in [-0.2, 0) is 20.5 Å². The van der Waals surface area contributed by atoms with Crippen molar-refractivity contribution in [2.75, 3.05) is 0 Å². The van der Waals surface area contributed by atoms with Crippen LogP contribution in [-0.4, -0.2) is 40.3 Å². The average Bonchev–Trinajstić information content (AvgIpc) is 2.84. The first-order chi connectivity index (χ1) is 17.5. The molecule has 8 heteroatoms. The van der Waals surface area contributed by atoms with Crippen molar-refractivity contribution in [2.24, 2.45) is 17.3 Å². The highest BCUT2D eigenvalue weighted by molar-refractivity contribution is 5.88. The van der Waals surface area contributed by atoms with E-state index in [1.54, 1.807) is 33.8 Å². The first-order valence-corrected chi connectivity index (χ1v) is 13.1. The second-order valence-electron chi connectivity index (χ2n) is 11.2. The molecule has 1 aromatic carbocycles. The zero-order valence-corrected chi connectivity index (χ0v) is 23.1. The van der Waals surface area contributed by atoms with Gasteiger partial charge in [-0.2, -0.15) is 13.2 Å². The number of alkyl halides is 3.